The van der Waals surface area contributed by atoms with Gasteiger partial charge in [-0.15, -0.1) is 6.58 Å². The molecular weight excluding hydrogens is 795 g/mol. The SMILES string of the molecule is C=C(/C=C(\C)c1cccc(Cc2ccccc2)c1C)c1ccc2ccccc2c1.C=C(C)C.C=C/C(=C\C=C/C)n1c2ccccc2c2cc(-c3ccc4c(c3)-c3ccccc3C4)ccc21. The molecule has 0 radical (unpaired) electrons. The van der Waals surface area contributed by atoms with Gasteiger partial charge in [-0.25, -0.2) is 0 Å². The van der Waals surface area contributed by atoms with Crippen molar-refractivity contribution < 1.29 is 0 Å². The molecule has 0 N–H and O–H groups in total. The second-order valence-electron chi connectivity index (χ2n) is 17.5. The van der Waals surface area contributed by atoms with Crippen molar-refractivity contribution in [3.8, 4) is 22.3 Å². The molecule has 0 unspecified atom stereocenters. The van der Waals surface area contributed by atoms with E-state index in [0.29, 0.717) is 0 Å². The first kappa shape index (κ1) is 44.9. The van der Waals surface area contributed by atoms with Crippen molar-refractivity contribution in [1.82, 2.24) is 4.57 Å². The van der Waals surface area contributed by atoms with Crippen LogP contribution in [0.15, 0.2) is 232 Å². The van der Waals surface area contributed by atoms with E-state index >= 15 is 0 Å². The Bertz CT molecular complexity index is 3340. The number of rotatable bonds is 9. The van der Waals surface area contributed by atoms with E-state index in [0.717, 1.165) is 24.1 Å². The van der Waals surface area contributed by atoms with E-state index in [1.54, 1.807) is 0 Å². The molecule has 0 aliphatic heterocycles. The predicted octanol–water partition coefficient (Wildman–Crippen LogP) is 18.1. The molecule has 66 heavy (non-hydrogen) atoms. The van der Waals surface area contributed by atoms with Gasteiger partial charge in [0.05, 0.1) is 11.0 Å². The predicted molar refractivity (Wildman–Crippen MR) is 290 cm³/mol. The fourth-order valence-electron chi connectivity index (χ4n) is 9.09. The van der Waals surface area contributed by atoms with E-state index in [4.69, 9.17) is 0 Å². The maximum absolute atomic E-state index is 4.34. The molecule has 1 aliphatic carbocycles. The van der Waals surface area contributed by atoms with Gasteiger partial charge in [0.15, 0.2) is 0 Å². The summed E-state index contributed by atoms with van der Waals surface area (Å²) in [5, 5.41) is 5.03. The van der Waals surface area contributed by atoms with Crippen LogP contribution in [0.25, 0.3) is 71.7 Å². The molecule has 10 rings (SSSR count). The van der Waals surface area contributed by atoms with E-state index in [9.17, 15) is 0 Å². The summed E-state index contributed by atoms with van der Waals surface area (Å²) < 4.78 is 2.31. The number of hydrogen-bond acceptors (Lipinski definition) is 0. The highest BCUT2D eigenvalue weighted by molar-refractivity contribution is 6.11. The van der Waals surface area contributed by atoms with Gasteiger partial charge in [-0.3, -0.25) is 0 Å². The molecule has 9 aromatic rings. The fraction of sp³-hybridized carbons (Fsp3) is 0.108. The third-order valence-electron chi connectivity index (χ3n) is 12.4. The molecule has 1 aromatic heterocycles. The Kier molecular flexibility index (Phi) is 13.9. The standard InChI is InChI=1S/C32H25N.C29H26.C4H8/c1-3-5-11-26(4-2)33-31-14-9-8-13-28(31)30-21-23(17-18-32(30)33)22-15-16-25-19-24-10-6-7-12-27(24)29(25)20-22;1-21(26-17-16-25-12-7-8-13-28(25)20-26)18-22(2)29-15-9-14-27(23(29)3)19-24-10-5-4-6-11-24;1-4(2)3/h3-18,20-21H,2,19H2,1H3;4-18,20H,1,19H2,2-3H3;1H2,2-3H3/b5-3-,26-11+;22-18+;. The first-order chi connectivity index (χ1) is 32.1. The minimum Gasteiger partial charge on any atom is -0.309 e. The Morgan fingerprint density at radius 3 is 2.06 bits per heavy atom. The van der Waals surface area contributed by atoms with E-state index in [-0.39, 0.29) is 0 Å². The Hall–Kier alpha value is -7.74. The van der Waals surface area contributed by atoms with Gasteiger partial charge in [0.1, 0.15) is 0 Å². The number of hydrogen-bond donors (Lipinski definition) is 0. The Morgan fingerprint density at radius 1 is 0.606 bits per heavy atom. The molecule has 0 spiro atoms. The van der Waals surface area contributed by atoms with E-state index in [2.05, 4.69) is 232 Å². The van der Waals surface area contributed by atoms with Crippen molar-refractivity contribution in [1.29, 1.82) is 0 Å². The van der Waals surface area contributed by atoms with Gasteiger partial charge in [-0.05, 0) is 173 Å². The molecular formula is C65H59N. The van der Waals surface area contributed by atoms with Gasteiger partial charge in [-0.2, -0.15) is 0 Å². The van der Waals surface area contributed by atoms with E-state index in [1.165, 1.54) is 105 Å². The summed E-state index contributed by atoms with van der Waals surface area (Å²) >= 11 is 0. The van der Waals surface area contributed by atoms with Crippen molar-refractivity contribution in [3.05, 3.63) is 271 Å². The monoisotopic (exact) mass is 853 g/mol. The van der Waals surface area contributed by atoms with Gasteiger partial charge in [0.25, 0.3) is 0 Å². The molecule has 0 saturated heterocycles. The fourth-order valence-corrected chi connectivity index (χ4v) is 9.09. The quantitative estimate of drug-likeness (QED) is 0.101. The van der Waals surface area contributed by atoms with Crippen LogP contribution in [0.3, 0.4) is 0 Å². The normalized spacial score (nSPS) is 12.0. The summed E-state index contributed by atoms with van der Waals surface area (Å²) in [7, 11) is 0. The third-order valence-corrected chi connectivity index (χ3v) is 12.4. The van der Waals surface area contributed by atoms with Crippen molar-refractivity contribution in [2.75, 3.05) is 0 Å². The van der Waals surface area contributed by atoms with Crippen molar-refractivity contribution in [2.45, 2.75) is 47.5 Å². The zero-order valence-corrected chi connectivity index (χ0v) is 39.1. The van der Waals surface area contributed by atoms with Gasteiger partial charge in [0, 0.05) is 16.5 Å². The average molecular weight is 854 g/mol. The van der Waals surface area contributed by atoms with Crippen LogP contribution in [0, 0.1) is 6.92 Å². The second kappa shape index (κ2) is 20.4. The molecule has 0 saturated carbocycles. The van der Waals surface area contributed by atoms with Crippen LogP contribution in [0.4, 0.5) is 0 Å². The van der Waals surface area contributed by atoms with Crippen molar-refractivity contribution >= 4 is 49.4 Å². The Balaban J connectivity index is 0.000000167. The number of allylic oxidation sites excluding steroid dienone is 9. The molecule has 1 aliphatic rings. The number of fused-ring (bicyclic) bond motifs is 7. The van der Waals surface area contributed by atoms with Gasteiger partial charge < -0.3 is 4.57 Å². The number of nitrogens with zero attached hydrogens (tertiary/aromatic N) is 1. The summed E-state index contributed by atoms with van der Waals surface area (Å²) in [6, 6.07) is 63.4. The number of benzene rings is 8. The summed E-state index contributed by atoms with van der Waals surface area (Å²) in [5.41, 5.74) is 21.5. The maximum atomic E-state index is 4.34. The van der Waals surface area contributed by atoms with Crippen LogP contribution in [0.2, 0.25) is 0 Å². The molecule has 0 atom stereocenters. The lowest BCUT2D eigenvalue weighted by molar-refractivity contribution is 1.15. The lowest BCUT2D eigenvalue weighted by Crippen LogP contribution is -1.96. The second-order valence-corrected chi connectivity index (χ2v) is 17.5. The van der Waals surface area contributed by atoms with Gasteiger partial charge in [-0.1, -0.05) is 183 Å². The Morgan fingerprint density at radius 2 is 1.27 bits per heavy atom. The largest absolute Gasteiger partial charge is 0.309 e. The van der Waals surface area contributed by atoms with Crippen LogP contribution in [-0.2, 0) is 12.8 Å². The molecule has 0 bridgehead atoms. The molecule has 1 heteroatoms. The summed E-state index contributed by atoms with van der Waals surface area (Å²) in [6.45, 7) is 22.4. The minimum absolute atomic E-state index is 0.958. The molecule has 0 amide bonds. The summed E-state index contributed by atoms with van der Waals surface area (Å²) in [4.78, 5) is 0. The topological polar surface area (TPSA) is 4.93 Å². The lowest BCUT2D eigenvalue weighted by Gasteiger charge is -2.13. The first-order valence-electron chi connectivity index (χ1n) is 22.9. The minimum atomic E-state index is 0.958. The molecule has 1 nitrogen and oxygen atoms in total. The molecule has 8 aromatic carbocycles. The zero-order valence-electron chi connectivity index (χ0n) is 39.1. The van der Waals surface area contributed by atoms with Crippen LogP contribution in [0.1, 0.15) is 66.6 Å². The molecule has 0 fully saturated rings. The summed E-state index contributed by atoms with van der Waals surface area (Å²) in [5.74, 6) is 0. The molecule has 324 valence electrons. The number of aromatic nitrogens is 1. The highest BCUT2D eigenvalue weighted by atomic mass is 15.0. The average Bonchev–Trinajstić information content (AvgIpc) is 3.88. The smallest absolute Gasteiger partial charge is 0.0541 e. The molecule has 1 heterocycles. The summed E-state index contributed by atoms with van der Waals surface area (Å²) in [6.07, 6.45) is 12.3. The number of para-hydroxylation sites is 1. The highest BCUT2D eigenvalue weighted by Crippen LogP contribution is 2.40. The first-order valence-corrected chi connectivity index (χ1v) is 22.9. The maximum Gasteiger partial charge on any atom is 0.0541 e. The van der Waals surface area contributed by atoms with Crippen LogP contribution in [-0.4, -0.2) is 4.57 Å². The van der Waals surface area contributed by atoms with Gasteiger partial charge >= 0.3 is 0 Å². The lowest BCUT2D eigenvalue weighted by atomic mass is 9.92. The van der Waals surface area contributed by atoms with Crippen molar-refractivity contribution in [2.24, 2.45) is 0 Å². The van der Waals surface area contributed by atoms with E-state index in [1.807, 2.05) is 32.9 Å². The van der Waals surface area contributed by atoms with Crippen LogP contribution >= 0.6 is 0 Å². The third kappa shape index (κ3) is 9.82. The van der Waals surface area contributed by atoms with Crippen LogP contribution < -0.4 is 0 Å². The van der Waals surface area contributed by atoms with Gasteiger partial charge in [0.2, 0.25) is 0 Å². The van der Waals surface area contributed by atoms with E-state index < -0.39 is 0 Å². The zero-order chi connectivity index (χ0) is 46.2. The van der Waals surface area contributed by atoms with Crippen LogP contribution in [0.5, 0.6) is 0 Å². The van der Waals surface area contributed by atoms with Crippen molar-refractivity contribution in [3.63, 3.8) is 0 Å². The highest BCUT2D eigenvalue weighted by Gasteiger charge is 2.19. The Labute approximate surface area is 392 Å².